The number of methoxy groups -OCH3 is 1. The first-order valence-electron chi connectivity index (χ1n) is 5.62. The van der Waals surface area contributed by atoms with Crippen LogP contribution >= 0.6 is 11.3 Å². The third-order valence-electron chi connectivity index (χ3n) is 2.69. The van der Waals surface area contributed by atoms with Crippen molar-refractivity contribution in [1.29, 1.82) is 0 Å². The van der Waals surface area contributed by atoms with E-state index in [1.807, 2.05) is 24.4 Å². The molecule has 2 aromatic rings. The maximum absolute atomic E-state index is 12.4. The zero-order valence-electron chi connectivity index (χ0n) is 10.3. The molecule has 0 aliphatic rings. The smallest absolute Gasteiger partial charge is 0.206 e. The van der Waals surface area contributed by atoms with Crippen LogP contribution in [0.2, 0.25) is 0 Å². The number of ether oxygens (including phenoxy) is 1. The number of rotatable bonds is 5. The Morgan fingerprint density at radius 3 is 3.00 bits per heavy atom. The highest BCUT2D eigenvalue weighted by Gasteiger charge is 2.25. The molecular weight excluding hydrogens is 250 g/mol. The normalized spacial score (nSPS) is 12.4. The Hall–Kier alpha value is -1.66. The third kappa shape index (κ3) is 2.16. The van der Waals surface area contributed by atoms with Crippen LogP contribution in [0.3, 0.4) is 0 Å². The van der Waals surface area contributed by atoms with Gasteiger partial charge in [0.2, 0.25) is 5.78 Å². The van der Waals surface area contributed by atoms with Crippen LogP contribution in [-0.4, -0.2) is 22.7 Å². The highest BCUT2D eigenvalue weighted by molar-refractivity contribution is 7.10. The quantitative estimate of drug-likeness (QED) is 0.838. The summed E-state index contributed by atoms with van der Waals surface area (Å²) in [5.41, 5.74) is 6.42. The van der Waals surface area contributed by atoms with Gasteiger partial charge < -0.3 is 10.5 Å². The van der Waals surface area contributed by atoms with Gasteiger partial charge in [-0.15, -0.1) is 11.3 Å². The zero-order chi connectivity index (χ0) is 13.1. The van der Waals surface area contributed by atoms with Crippen molar-refractivity contribution in [2.75, 3.05) is 7.11 Å². The van der Waals surface area contributed by atoms with Gasteiger partial charge in [-0.25, -0.2) is 0 Å². The number of aryl methyl sites for hydroxylation is 1. The Morgan fingerprint density at radius 2 is 2.44 bits per heavy atom. The van der Waals surface area contributed by atoms with Crippen LogP contribution in [0.25, 0.3) is 0 Å². The van der Waals surface area contributed by atoms with Gasteiger partial charge in [-0.1, -0.05) is 6.07 Å². The van der Waals surface area contributed by atoms with Gasteiger partial charge in [-0.3, -0.25) is 9.48 Å². The lowest BCUT2D eigenvalue weighted by Crippen LogP contribution is -2.24. The lowest BCUT2D eigenvalue weighted by Gasteiger charge is -2.11. The van der Waals surface area contributed by atoms with E-state index in [9.17, 15) is 4.79 Å². The second-order valence-corrected chi connectivity index (χ2v) is 4.71. The summed E-state index contributed by atoms with van der Waals surface area (Å²) in [4.78, 5) is 13.2. The minimum Gasteiger partial charge on any atom is -0.493 e. The highest BCUT2D eigenvalue weighted by atomic mass is 32.1. The van der Waals surface area contributed by atoms with Crippen LogP contribution in [0.4, 0.5) is 0 Å². The molecule has 2 aromatic heterocycles. The fraction of sp³-hybridized carbons (Fsp3) is 0.333. The minimum absolute atomic E-state index is 0.173. The summed E-state index contributed by atoms with van der Waals surface area (Å²) >= 11 is 1.47. The summed E-state index contributed by atoms with van der Waals surface area (Å²) in [6.45, 7) is 2.52. The van der Waals surface area contributed by atoms with E-state index in [4.69, 9.17) is 10.5 Å². The van der Waals surface area contributed by atoms with Crippen molar-refractivity contribution < 1.29 is 9.53 Å². The molecule has 0 fully saturated rings. The Kier molecular flexibility index (Phi) is 3.78. The van der Waals surface area contributed by atoms with Crippen LogP contribution in [0.5, 0.6) is 5.75 Å². The number of aromatic nitrogens is 2. The van der Waals surface area contributed by atoms with Crippen molar-refractivity contribution in [1.82, 2.24) is 9.78 Å². The summed E-state index contributed by atoms with van der Waals surface area (Å²) < 4.78 is 6.77. The molecule has 96 valence electrons. The molecule has 0 amide bonds. The largest absolute Gasteiger partial charge is 0.493 e. The molecule has 0 aliphatic heterocycles. The second kappa shape index (κ2) is 5.32. The van der Waals surface area contributed by atoms with Gasteiger partial charge in [0.05, 0.1) is 13.3 Å². The number of carbonyl (C=O) groups is 1. The molecular formula is C12H15N3O2S. The average molecular weight is 265 g/mol. The number of hydrogen-bond donors (Lipinski definition) is 1. The lowest BCUT2D eigenvalue weighted by molar-refractivity contribution is 0.0949. The predicted octanol–water partition coefficient (Wildman–Crippen LogP) is 1.86. The first kappa shape index (κ1) is 12.8. The third-order valence-corrected chi connectivity index (χ3v) is 3.65. The molecule has 5 nitrogen and oxygen atoms in total. The predicted molar refractivity (Wildman–Crippen MR) is 70.0 cm³/mol. The molecule has 0 bridgehead atoms. The fourth-order valence-electron chi connectivity index (χ4n) is 1.75. The second-order valence-electron chi connectivity index (χ2n) is 3.73. The van der Waals surface area contributed by atoms with Crippen LogP contribution in [0, 0.1) is 0 Å². The molecule has 0 saturated carbocycles. The summed E-state index contributed by atoms with van der Waals surface area (Å²) in [6, 6.07) is 3.06. The molecule has 18 heavy (non-hydrogen) atoms. The van der Waals surface area contributed by atoms with Gasteiger partial charge in [0, 0.05) is 11.4 Å². The van der Waals surface area contributed by atoms with E-state index >= 15 is 0 Å². The first-order chi connectivity index (χ1) is 8.69. The molecule has 6 heteroatoms. The summed E-state index contributed by atoms with van der Waals surface area (Å²) in [5.74, 6) is 0.294. The van der Waals surface area contributed by atoms with Gasteiger partial charge in [0.15, 0.2) is 5.75 Å². The maximum Gasteiger partial charge on any atom is 0.206 e. The molecule has 0 aromatic carbocycles. The molecule has 0 spiro atoms. The van der Waals surface area contributed by atoms with Crippen LogP contribution < -0.4 is 10.5 Å². The van der Waals surface area contributed by atoms with Gasteiger partial charge in [-0.05, 0) is 18.4 Å². The Bertz CT molecular complexity index is 512. The van der Waals surface area contributed by atoms with E-state index in [0.717, 1.165) is 4.88 Å². The Balaban J connectivity index is 2.36. The zero-order valence-corrected chi connectivity index (χ0v) is 11.1. The van der Waals surface area contributed by atoms with E-state index in [2.05, 4.69) is 5.10 Å². The van der Waals surface area contributed by atoms with Crippen molar-refractivity contribution in [3.05, 3.63) is 34.3 Å². The lowest BCUT2D eigenvalue weighted by atomic mass is 10.1. The fourth-order valence-corrected chi connectivity index (χ4v) is 2.48. The number of thiophene rings is 1. The SMILES string of the molecule is CCn1ncc(OC)c1C(=O)C(N)c1cccs1. The maximum atomic E-state index is 12.4. The van der Waals surface area contributed by atoms with Gasteiger partial charge in [-0.2, -0.15) is 5.10 Å². The van der Waals surface area contributed by atoms with E-state index < -0.39 is 6.04 Å². The van der Waals surface area contributed by atoms with Crippen LogP contribution in [0.15, 0.2) is 23.7 Å². The van der Waals surface area contributed by atoms with E-state index in [1.54, 1.807) is 4.68 Å². The number of Topliss-reactive ketones (excluding diaryl/α,β-unsaturated/α-hetero) is 1. The van der Waals surface area contributed by atoms with Crippen molar-refractivity contribution in [2.24, 2.45) is 5.73 Å². The van der Waals surface area contributed by atoms with Crippen LogP contribution in [-0.2, 0) is 6.54 Å². The van der Waals surface area contributed by atoms with Gasteiger partial charge in [0.25, 0.3) is 0 Å². The number of hydrogen-bond acceptors (Lipinski definition) is 5. The van der Waals surface area contributed by atoms with Crippen LogP contribution in [0.1, 0.15) is 28.3 Å². The van der Waals surface area contributed by atoms with Crippen molar-refractivity contribution in [3.8, 4) is 5.75 Å². The molecule has 0 saturated heterocycles. The molecule has 1 atom stereocenters. The van der Waals surface area contributed by atoms with Crippen molar-refractivity contribution >= 4 is 17.1 Å². The summed E-state index contributed by atoms with van der Waals surface area (Å²) in [6.07, 6.45) is 1.54. The topological polar surface area (TPSA) is 70.1 Å². The van der Waals surface area contributed by atoms with E-state index in [0.29, 0.717) is 18.0 Å². The van der Waals surface area contributed by atoms with Gasteiger partial charge in [0.1, 0.15) is 11.7 Å². The monoisotopic (exact) mass is 265 g/mol. The Morgan fingerprint density at radius 1 is 1.67 bits per heavy atom. The summed E-state index contributed by atoms with van der Waals surface area (Å²) in [7, 11) is 1.52. The summed E-state index contributed by atoms with van der Waals surface area (Å²) in [5, 5.41) is 6.01. The number of nitrogens with two attached hydrogens (primary N) is 1. The first-order valence-corrected chi connectivity index (χ1v) is 6.50. The molecule has 2 heterocycles. The molecule has 0 aliphatic carbocycles. The molecule has 2 rings (SSSR count). The Labute approximate surface area is 109 Å². The average Bonchev–Trinajstić information content (AvgIpc) is 3.05. The molecule has 1 unspecified atom stereocenters. The molecule has 0 radical (unpaired) electrons. The van der Waals surface area contributed by atoms with E-state index in [-0.39, 0.29) is 5.78 Å². The van der Waals surface area contributed by atoms with Crippen molar-refractivity contribution in [2.45, 2.75) is 19.5 Å². The number of ketones is 1. The number of carbonyl (C=O) groups excluding carboxylic acids is 1. The number of nitrogens with zero attached hydrogens (tertiary/aromatic N) is 2. The standard InChI is InChI=1S/C12H15N3O2S/c1-3-15-11(8(17-2)7-14-15)12(16)10(13)9-5-4-6-18-9/h4-7,10H,3,13H2,1-2H3. The minimum atomic E-state index is -0.666. The van der Waals surface area contributed by atoms with Gasteiger partial charge >= 0.3 is 0 Å². The molecule has 2 N–H and O–H groups in total. The van der Waals surface area contributed by atoms with Crippen molar-refractivity contribution in [3.63, 3.8) is 0 Å². The highest BCUT2D eigenvalue weighted by Crippen LogP contribution is 2.25. The van der Waals surface area contributed by atoms with E-state index in [1.165, 1.54) is 24.6 Å².